The third kappa shape index (κ3) is 2.18. The van der Waals surface area contributed by atoms with Crippen molar-refractivity contribution in [2.75, 3.05) is 0 Å². The van der Waals surface area contributed by atoms with E-state index in [1.165, 1.54) is 12.1 Å². The van der Waals surface area contributed by atoms with E-state index in [9.17, 15) is 9.18 Å². The maximum Gasteiger partial charge on any atom is 0.169 e. The summed E-state index contributed by atoms with van der Waals surface area (Å²) >= 11 is 5.94. The number of carbonyl (C=O) groups excluding carboxylic acids is 1. The minimum atomic E-state index is -0.469. The third-order valence-corrected chi connectivity index (χ3v) is 3.50. The number of H-pyrrole nitrogens is 1. The van der Waals surface area contributed by atoms with Gasteiger partial charge in [-0.15, -0.1) is 0 Å². The Kier molecular flexibility index (Phi) is 3.24. The molecule has 3 rings (SSSR count). The summed E-state index contributed by atoms with van der Waals surface area (Å²) in [6, 6.07) is 7.94. The normalized spacial score (nSPS) is 10.9. The van der Waals surface area contributed by atoms with Gasteiger partial charge in [0.15, 0.2) is 5.78 Å². The molecule has 1 N–H and O–H groups in total. The van der Waals surface area contributed by atoms with Crippen LogP contribution in [0, 0.1) is 5.82 Å². The highest BCUT2D eigenvalue weighted by Crippen LogP contribution is 2.23. The molecule has 0 saturated heterocycles. The fraction of sp³-hybridized carbons (Fsp3) is 0.0667. The first-order chi connectivity index (χ1) is 9.66. The van der Waals surface area contributed by atoms with Crippen LogP contribution in [0.15, 0.2) is 42.7 Å². The van der Waals surface area contributed by atoms with Gasteiger partial charge >= 0.3 is 0 Å². The minimum absolute atomic E-state index is 0.0760. The van der Waals surface area contributed by atoms with Gasteiger partial charge in [-0.05, 0) is 24.3 Å². The molecule has 0 radical (unpaired) electrons. The monoisotopic (exact) mass is 288 g/mol. The van der Waals surface area contributed by atoms with Crippen LogP contribution in [0.1, 0.15) is 15.9 Å². The van der Waals surface area contributed by atoms with Gasteiger partial charge in [0.25, 0.3) is 0 Å². The average Bonchev–Trinajstić information content (AvgIpc) is 2.87. The molecule has 2 aromatic heterocycles. The zero-order chi connectivity index (χ0) is 14.1. The van der Waals surface area contributed by atoms with E-state index >= 15 is 0 Å². The van der Waals surface area contributed by atoms with E-state index in [0.717, 1.165) is 5.39 Å². The molecule has 0 unspecified atom stereocenters. The highest BCUT2D eigenvalue weighted by atomic mass is 35.5. The van der Waals surface area contributed by atoms with E-state index < -0.39 is 5.82 Å². The SMILES string of the molecule is O=C(Cc1c(F)cccc1Cl)c1c[nH]c2ncccc12. The number of fused-ring (bicyclic) bond motifs is 1. The summed E-state index contributed by atoms with van der Waals surface area (Å²) < 4.78 is 13.7. The lowest BCUT2D eigenvalue weighted by atomic mass is 10.0. The number of pyridine rings is 1. The van der Waals surface area contributed by atoms with Crippen molar-refractivity contribution in [2.45, 2.75) is 6.42 Å². The van der Waals surface area contributed by atoms with Gasteiger partial charge in [-0.2, -0.15) is 0 Å². The summed E-state index contributed by atoms with van der Waals surface area (Å²) in [5.74, 6) is -0.667. The molecule has 0 atom stereocenters. The van der Waals surface area contributed by atoms with Gasteiger partial charge in [-0.3, -0.25) is 4.79 Å². The van der Waals surface area contributed by atoms with E-state index in [0.29, 0.717) is 11.2 Å². The lowest BCUT2D eigenvalue weighted by molar-refractivity contribution is 0.0993. The predicted octanol–water partition coefficient (Wildman–Crippen LogP) is 3.78. The molecule has 20 heavy (non-hydrogen) atoms. The molecule has 3 aromatic rings. The maximum atomic E-state index is 13.7. The van der Waals surface area contributed by atoms with Crippen LogP contribution in [0.4, 0.5) is 4.39 Å². The van der Waals surface area contributed by atoms with Crippen LogP contribution in [-0.4, -0.2) is 15.8 Å². The molecule has 0 aliphatic rings. The Hall–Kier alpha value is -2.20. The van der Waals surface area contributed by atoms with Crippen molar-refractivity contribution in [3.8, 4) is 0 Å². The first-order valence-electron chi connectivity index (χ1n) is 6.05. The van der Waals surface area contributed by atoms with Gasteiger partial charge in [0, 0.05) is 40.4 Å². The molecule has 0 fully saturated rings. The van der Waals surface area contributed by atoms with Crippen LogP contribution in [-0.2, 0) is 6.42 Å². The fourth-order valence-electron chi connectivity index (χ4n) is 2.14. The van der Waals surface area contributed by atoms with Crippen LogP contribution in [0.2, 0.25) is 5.02 Å². The number of benzene rings is 1. The van der Waals surface area contributed by atoms with Crippen molar-refractivity contribution in [3.63, 3.8) is 0 Å². The zero-order valence-corrected chi connectivity index (χ0v) is 11.1. The number of hydrogen-bond acceptors (Lipinski definition) is 2. The van der Waals surface area contributed by atoms with Gasteiger partial charge in [0.1, 0.15) is 11.5 Å². The Bertz CT molecular complexity index is 777. The number of halogens is 2. The Morgan fingerprint density at radius 1 is 1.30 bits per heavy atom. The number of aromatic amines is 1. The van der Waals surface area contributed by atoms with E-state index in [2.05, 4.69) is 9.97 Å². The molecule has 100 valence electrons. The first kappa shape index (κ1) is 12.8. The largest absolute Gasteiger partial charge is 0.345 e. The maximum absolute atomic E-state index is 13.7. The van der Waals surface area contributed by atoms with Gasteiger partial charge in [0.2, 0.25) is 0 Å². The second kappa shape index (κ2) is 5.06. The summed E-state index contributed by atoms with van der Waals surface area (Å²) in [7, 11) is 0. The lowest BCUT2D eigenvalue weighted by Gasteiger charge is -2.04. The van der Waals surface area contributed by atoms with E-state index in [-0.39, 0.29) is 22.8 Å². The topological polar surface area (TPSA) is 45.8 Å². The molecule has 2 heterocycles. The summed E-state index contributed by atoms with van der Waals surface area (Å²) in [6.07, 6.45) is 3.16. The second-order valence-electron chi connectivity index (χ2n) is 4.40. The molecular formula is C15H10ClFN2O. The van der Waals surface area contributed by atoms with Crippen molar-refractivity contribution < 1.29 is 9.18 Å². The summed E-state index contributed by atoms with van der Waals surface area (Å²) in [6.45, 7) is 0. The third-order valence-electron chi connectivity index (χ3n) is 3.15. The highest BCUT2D eigenvalue weighted by molar-refractivity contribution is 6.31. The average molecular weight is 289 g/mol. The lowest BCUT2D eigenvalue weighted by Crippen LogP contribution is -2.05. The van der Waals surface area contributed by atoms with Crippen LogP contribution in [0.5, 0.6) is 0 Å². The van der Waals surface area contributed by atoms with Gasteiger partial charge in [-0.25, -0.2) is 9.37 Å². The highest BCUT2D eigenvalue weighted by Gasteiger charge is 2.16. The standard InChI is InChI=1S/C15H10ClFN2O/c16-12-4-1-5-13(17)10(12)7-14(20)11-8-19-15-9(11)3-2-6-18-15/h1-6,8H,7H2,(H,18,19). The molecule has 0 spiro atoms. The van der Waals surface area contributed by atoms with Crippen molar-refractivity contribution in [3.05, 3.63) is 64.7 Å². The molecular weight excluding hydrogens is 279 g/mol. The fourth-order valence-corrected chi connectivity index (χ4v) is 2.37. The number of nitrogens with one attached hydrogen (secondary N) is 1. The Morgan fingerprint density at radius 2 is 2.15 bits per heavy atom. The van der Waals surface area contributed by atoms with Crippen molar-refractivity contribution in [1.29, 1.82) is 0 Å². The second-order valence-corrected chi connectivity index (χ2v) is 4.81. The smallest absolute Gasteiger partial charge is 0.169 e. The van der Waals surface area contributed by atoms with E-state index in [1.807, 2.05) is 0 Å². The van der Waals surface area contributed by atoms with Crippen LogP contribution >= 0.6 is 11.6 Å². The minimum Gasteiger partial charge on any atom is -0.345 e. The van der Waals surface area contributed by atoms with Crippen LogP contribution in [0.25, 0.3) is 11.0 Å². The Morgan fingerprint density at radius 3 is 2.95 bits per heavy atom. The van der Waals surface area contributed by atoms with Gasteiger partial charge in [0.05, 0.1) is 0 Å². The molecule has 0 bridgehead atoms. The van der Waals surface area contributed by atoms with Crippen LogP contribution < -0.4 is 0 Å². The number of Topliss-reactive ketones (excluding diaryl/α,β-unsaturated/α-hetero) is 1. The molecule has 3 nitrogen and oxygen atoms in total. The summed E-state index contributed by atoms with van der Waals surface area (Å²) in [5, 5.41) is 0.987. The Balaban J connectivity index is 1.98. The molecule has 0 aliphatic carbocycles. The molecule has 5 heteroatoms. The summed E-state index contributed by atoms with van der Waals surface area (Å²) in [5.41, 5.74) is 1.35. The van der Waals surface area contributed by atoms with Crippen LogP contribution in [0.3, 0.4) is 0 Å². The number of rotatable bonds is 3. The van der Waals surface area contributed by atoms with Gasteiger partial charge in [-0.1, -0.05) is 17.7 Å². The van der Waals surface area contributed by atoms with Gasteiger partial charge < -0.3 is 4.98 Å². The number of ketones is 1. The molecule has 0 saturated carbocycles. The number of hydrogen-bond donors (Lipinski definition) is 1. The number of nitrogens with zero attached hydrogens (tertiary/aromatic N) is 1. The molecule has 0 amide bonds. The molecule has 0 aliphatic heterocycles. The summed E-state index contributed by atoms with van der Waals surface area (Å²) in [4.78, 5) is 19.4. The van der Waals surface area contributed by atoms with E-state index in [1.54, 1.807) is 30.6 Å². The van der Waals surface area contributed by atoms with Crippen molar-refractivity contribution >= 4 is 28.4 Å². The van der Waals surface area contributed by atoms with E-state index in [4.69, 9.17) is 11.6 Å². The number of aromatic nitrogens is 2. The van der Waals surface area contributed by atoms with Crippen molar-refractivity contribution in [2.24, 2.45) is 0 Å². The quantitative estimate of drug-likeness (QED) is 0.746. The Labute approximate surface area is 119 Å². The first-order valence-corrected chi connectivity index (χ1v) is 6.43. The van der Waals surface area contributed by atoms with Crippen molar-refractivity contribution in [1.82, 2.24) is 9.97 Å². The zero-order valence-electron chi connectivity index (χ0n) is 10.4. The number of carbonyl (C=O) groups is 1. The predicted molar refractivity (Wildman–Crippen MR) is 75.5 cm³/mol. The molecule has 1 aromatic carbocycles.